The molecule has 0 aliphatic rings. The molecule has 17 nitrogen and oxygen atoms in total. The molecule has 0 saturated carbocycles. The summed E-state index contributed by atoms with van der Waals surface area (Å²) in [5.41, 5.74) is 0. The van der Waals surface area contributed by atoms with E-state index in [1.54, 1.807) is 0 Å². The first-order valence-corrected chi connectivity index (χ1v) is 47.6. The number of aliphatic hydroxyl groups is 1. The number of hydrogen-bond donors (Lipinski definition) is 3. The van der Waals surface area contributed by atoms with Gasteiger partial charge < -0.3 is 33.8 Å². The lowest BCUT2D eigenvalue weighted by molar-refractivity contribution is -0.161. The van der Waals surface area contributed by atoms with E-state index in [9.17, 15) is 43.2 Å². The third kappa shape index (κ3) is 79.9. The Bertz CT molecular complexity index is 2000. The first-order chi connectivity index (χ1) is 51.0. The monoisotopic (exact) mass is 1540 g/mol. The van der Waals surface area contributed by atoms with Gasteiger partial charge in [-0.3, -0.25) is 37.3 Å². The highest BCUT2D eigenvalue weighted by atomic mass is 31.2. The molecule has 2 unspecified atom stereocenters. The van der Waals surface area contributed by atoms with Gasteiger partial charge in [-0.1, -0.05) is 413 Å². The van der Waals surface area contributed by atoms with Crippen molar-refractivity contribution in [2.24, 2.45) is 5.92 Å². The molecular formula is C86H168O17P2. The Labute approximate surface area is 645 Å². The molecule has 0 aromatic heterocycles. The second kappa shape index (κ2) is 78.7. The molecule has 0 aliphatic carbocycles. The van der Waals surface area contributed by atoms with Crippen LogP contribution >= 0.6 is 15.6 Å². The fourth-order valence-corrected chi connectivity index (χ4v) is 15.1. The highest BCUT2D eigenvalue weighted by Gasteiger charge is 2.30. The van der Waals surface area contributed by atoms with E-state index in [1.165, 1.54) is 283 Å². The summed E-state index contributed by atoms with van der Waals surface area (Å²) in [6.45, 7) is 7.28. The topological polar surface area (TPSA) is 237 Å². The lowest BCUT2D eigenvalue weighted by atomic mass is 10.0. The number of rotatable bonds is 86. The molecule has 0 fully saturated rings. The molecule has 0 aromatic rings. The first-order valence-electron chi connectivity index (χ1n) is 44.6. The summed E-state index contributed by atoms with van der Waals surface area (Å²) in [7, 11) is -9.91. The maximum atomic E-state index is 13.1. The lowest BCUT2D eigenvalue weighted by Gasteiger charge is -2.21. The van der Waals surface area contributed by atoms with Gasteiger partial charge in [0.2, 0.25) is 0 Å². The number of esters is 4. The molecule has 0 aromatic carbocycles. The first kappa shape index (κ1) is 103. The van der Waals surface area contributed by atoms with E-state index in [2.05, 4.69) is 34.6 Å². The fraction of sp³-hybridized carbons (Fsp3) is 0.953. The number of phosphoric acid groups is 2. The van der Waals surface area contributed by atoms with Gasteiger partial charge >= 0.3 is 39.5 Å². The second-order valence-corrected chi connectivity index (χ2v) is 34.3. The zero-order valence-corrected chi connectivity index (χ0v) is 70.7. The largest absolute Gasteiger partial charge is 0.472 e. The van der Waals surface area contributed by atoms with Crippen molar-refractivity contribution in [1.29, 1.82) is 0 Å². The van der Waals surface area contributed by atoms with E-state index >= 15 is 0 Å². The molecule has 0 aliphatic heterocycles. The van der Waals surface area contributed by atoms with Crippen LogP contribution in [0.3, 0.4) is 0 Å². The third-order valence-electron chi connectivity index (χ3n) is 20.3. The van der Waals surface area contributed by atoms with Gasteiger partial charge in [-0.15, -0.1) is 0 Å². The van der Waals surface area contributed by atoms with Gasteiger partial charge in [-0.25, -0.2) is 9.13 Å². The number of hydrogen-bond acceptors (Lipinski definition) is 15. The van der Waals surface area contributed by atoms with E-state index in [1.807, 2.05) is 0 Å². The van der Waals surface area contributed by atoms with Crippen LogP contribution in [-0.4, -0.2) is 96.7 Å². The van der Waals surface area contributed by atoms with Crippen LogP contribution in [0.5, 0.6) is 0 Å². The van der Waals surface area contributed by atoms with E-state index in [-0.39, 0.29) is 25.7 Å². The van der Waals surface area contributed by atoms with Crippen LogP contribution in [0.1, 0.15) is 465 Å². The van der Waals surface area contributed by atoms with Gasteiger partial charge in [-0.05, 0) is 31.6 Å². The van der Waals surface area contributed by atoms with Gasteiger partial charge in [0.05, 0.1) is 26.4 Å². The van der Waals surface area contributed by atoms with Crippen molar-refractivity contribution in [3.63, 3.8) is 0 Å². The Morgan fingerprint density at radius 1 is 0.257 bits per heavy atom. The number of phosphoric ester groups is 2. The highest BCUT2D eigenvalue weighted by Crippen LogP contribution is 2.45. The minimum Gasteiger partial charge on any atom is -0.462 e. The summed E-state index contributed by atoms with van der Waals surface area (Å²) >= 11 is 0. The van der Waals surface area contributed by atoms with E-state index in [0.717, 1.165) is 102 Å². The molecule has 5 atom stereocenters. The average Bonchev–Trinajstić information content (AvgIpc) is 0.924. The molecule has 0 saturated heterocycles. The summed E-state index contributed by atoms with van der Waals surface area (Å²) in [6.07, 6.45) is 72.9. The van der Waals surface area contributed by atoms with Crippen molar-refractivity contribution in [2.75, 3.05) is 39.6 Å². The van der Waals surface area contributed by atoms with E-state index < -0.39 is 97.5 Å². The minimum atomic E-state index is -4.96. The molecule has 19 heteroatoms. The van der Waals surface area contributed by atoms with Crippen LogP contribution in [0.15, 0.2) is 0 Å². The Morgan fingerprint density at radius 3 is 0.648 bits per heavy atom. The molecule has 0 amide bonds. The highest BCUT2D eigenvalue weighted by molar-refractivity contribution is 7.47. The Hall–Kier alpha value is -1.94. The van der Waals surface area contributed by atoms with Crippen molar-refractivity contribution in [3.05, 3.63) is 0 Å². The fourth-order valence-electron chi connectivity index (χ4n) is 13.5. The Morgan fingerprint density at radius 2 is 0.438 bits per heavy atom. The molecule has 624 valence electrons. The predicted molar refractivity (Wildman–Crippen MR) is 432 cm³/mol. The number of aliphatic hydroxyl groups excluding tert-OH is 1. The molecular weight excluding hydrogens is 1370 g/mol. The van der Waals surface area contributed by atoms with Gasteiger partial charge in [-0.2, -0.15) is 0 Å². The van der Waals surface area contributed by atoms with Crippen LogP contribution < -0.4 is 0 Å². The van der Waals surface area contributed by atoms with Crippen LogP contribution in [0.25, 0.3) is 0 Å². The van der Waals surface area contributed by atoms with E-state index in [4.69, 9.17) is 37.0 Å². The number of unbranched alkanes of at least 4 members (excludes halogenated alkanes) is 58. The number of carbonyl (C=O) groups excluding carboxylic acids is 4. The van der Waals surface area contributed by atoms with Crippen molar-refractivity contribution in [3.8, 4) is 0 Å². The molecule has 0 radical (unpaired) electrons. The van der Waals surface area contributed by atoms with Crippen LogP contribution in [-0.2, 0) is 65.4 Å². The summed E-state index contributed by atoms with van der Waals surface area (Å²) in [5.74, 6) is -1.32. The van der Waals surface area contributed by atoms with Crippen LogP contribution in [0.2, 0.25) is 0 Å². The molecule has 0 rings (SSSR count). The van der Waals surface area contributed by atoms with Crippen molar-refractivity contribution < 1.29 is 80.2 Å². The summed E-state index contributed by atoms with van der Waals surface area (Å²) < 4.78 is 68.6. The maximum Gasteiger partial charge on any atom is 0.472 e. The summed E-state index contributed by atoms with van der Waals surface area (Å²) in [4.78, 5) is 72.9. The van der Waals surface area contributed by atoms with Crippen LogP contribution in [0, 0.1) is 5.92 Å². The summed E-state index contributed by atoms with van der Waals surface area (Å²) in [5, 5.41) is 10.6. The number of ether oxygens (including phenoxy) is 4. The Balaban J connectivity index is 5.09. The standard InChI is InChI=1S/C86H168O17P2/c1-6-9-12-15-17-19-21-23-25-27-29-31-33-35-37-39-44-48-52-56-61-67-72-86(91)103-82(76-97-84(89)70-65-60-55-51-47-43-38-36-34-32-30-28-26-24-22-20-18-16-13-10-7-2)78-101-105(94,95)99-74-80(87)73-98-104(92,93)100-77-81(75-96-83(88)69-64-58-14-11-8-3)102-85(90)71-66-62-57-53-49-45-41-40-42-46-50-54-59-63-68-79(4)5/h79-82,87H,6-78H2,1-5H3,(H,92,93)(H,94,95)/t80-,81+,82+/m0/s1. The minimum absolute atomic E-state index is 0.107. The summed E-state index contributed by atoms with van der Waals surface area (Å²) in [6, 6.07) is 0. The Kier molecular flexibility index (Phi) is 77.3. The maximum absolute atomic E-state index is 13.1. The molecule has 0 spiro atoms. The second-order valence-electron chi connectivity index (χ2n) is 31.4. The SMILES string of the molecule is CCCCCCCCCCCCCCCCCCCCCCCCC(=O)O[C@H](COC(=O)CCCCCCCCCCCCCCCCCCCCCCC)COP(=O)(O)OC[C@@H](O)COP(=O)(O)OC[C@@H](COC(=O)CCCCCCC)OC(=O)CCCCCCCCCCCCCCCCC(C)C. The van der Waals surface area contributed by atoms with Crippen molar-refractivity contribution in [1.82, 2.24) is 0 Å². The zero-order chi connectivity index (χ0) is 76.9. The molecule has 105 heavy (non-hydrogen) atoms. The molecule has 0 bridgehead atoms. The molecule has 0 heterocycles. The van der Waals surface area contributed by atoms with Gasteiger partial charge in [0, 0.05) is 25.7 Å². The lowest BCUT2D eigenvalue weighted by Crippen LogP contribution is -2.30. The van der Waals surface area contributed by atoms with Crippen molar-refractivity contribution >= 4 is 39.5 Å². The quantitative estimate of drug-likeness (QED) is 0.0222. The number of carbonyl (C=O) groups is 4. The zero-order valence-electron chi connectivity index (χ0n) is 68.9. The molecule has 3 N–H and O–H groups in total. The van der Waals surface area contributed by atoms with Crippen LogP contribution in [0.4, 0.5) is 0 Å². The van der Waals surface area contributed by atoms with Gasteiger partial charge in [0.1, 0.15) is 19.3 Å². The smallest absolute Gasteiger partial charge is 0.462 e. The normalized spacial score (nSPS) is 13.8. The van der Waals surface area contributed by atoms with Crippen molar-refractivity contribution in [2.45, 2.75) is 483 Å². The predicted octanol–water partition coefficient (Wildman–Crippen LogP) is 26.4. The van der Waals surface area contributed by atoms with E-state index in [0.29, 0.717) is 25.7 Å². The average molecular weight is 1540 g/mol. The van der Waals surface area contributed by atoms with Gasteiger partial charge in [0.25, 0.3) is 0 Å². The third-order valence-corrected chi connectivity index (χ3v) is 22.2. The van der Waals surface area contributed by atoms with Gasteiger partial charge in [0.15, 0.2) is 12.2 Å².